The molecule has 0 spiro atoms. The fourth-order valence-electron chi connectivity index (χ4n) is 1.50. The van der Waals surface area contributed by atoms with Crippen LogP contribution in [-0.4, -0.2) is 31.7 Å². The van der Waals surface area contributed by atoms with Crippen LogP contribution in [0.4, 0.5) is 11.8 Å². The lowest BCUT2D eigenvalue weighted by atomic mass is 10.3. The van der Waals surface area contributed by atoms with Gasteiger partial charge in [0.2, 0.25) is 11.8 Å². The number of nitrogens with zero attached hydrogens (tertiary/aromatic N) is 2. The zero-order valence-corrected chi connectivity index (χ0v) is 11.8. The van der Waals surface area contributed by atoms with Crippen LogP contribution < -0.4 is 15.8 Å². The summed E-state index contributed by atoms with van der Waals surface area (Å²) in [7, 11) is -1.52. The van der Waals surface area contributed by atoms with Crippen molar-refractivity contribution in [3.05, 3.63) is 30.3 Å². The third kappa shape index (κ3) is 3.35. The van der Waals surface area contributed by atoms with E-state index in [0.717, 1.165) is 6.26 Å². The zero-order chi connectivity index (χ0) is 14.8. The maximum atomic E-state index is 11.3. The summed E-state index contributed by atoms with van der Waals surface area (Å²) in [5.41, 5.74) is 5.55. The molecule has 0 atom stereocenters. The van der Waals surface area contributed by atoms with Gasteiger partial charge in [-0.25, -0.2) is 8.42 Å². The van der Waals surface area contributed by atoms with Crippen LogP contribution in [-0.2, 0) is 9.84 Å². The van der Waals surface area contributed by atoms with Crippen LogP contribution in [0.1, 0.15) is 0 Å². The molecule has 0 aliphatic heterocycles. The maximum absolute atomic E-state index is 11.3. The Kier molecular flexibility index (Phi) is 3.75. The van der Waals surface area contributed by atoms with Gasteiger partial charge in [0.25, 0.3) is 0 Å². The summed E-state index contributed by atoms with van der Waals surface area (Å²) >= 11 is 0. The van der Waals surface area contributed by atoms with Crippen LogP contribution >= 0.6 is 0 Å². The molecule has 3 N–H and O–H groups in total. The summed E-state index contributed by atoms with van der Waals surface area (Å²) in [6, 6.07) is 7.62. The number of ether oxygens (including phenoxy) is 1. The minimum Gasteiger partial charge on any atom is -0.439 e. The Morgan fingerprint density at radius 2 is 1.85 bits per heavy atom. The van der Waals surface area contributed by atoms with E-state index in [1.165, 1.54) is 12.1 Å². The monoisotopic (exact) mass is 294 g/mol. The average molecular weight is 294 g/mol. The summed E-state index contributed by atoms with van der Waals surface area (Å²) in [4.78, 5) is 8.10. The van der Waals surface area contributed by atoms with Crippen molar-refractivity contribution in [1.82, 2.24) is 9.97 Å². The van der Waals surface area contributed by atoms with Gasteiger partial charge in [-0.3, -0.25) is 0 Å². The van der Waals surface area contributed by atoms with Gasteiger partial charge in [-0.05, 0) is 24.3 Å². The van der Waals surface area contributed by atoms with E-state index in [4.69, 9.17) is 10.5 Å². The molecule has 1 aromatic carbocycles. The quantitative estimate of drug-likeness (QED) is 0.875. The highest BCUT2D eigenvalue weighted by Crippen LogP contribution is 2.23. The van der Waals surface area contributed by atoms with Gasteiger partial charge in [0, 0.05) is 19.4 Å². The first-order chi connectivity index (χ1) is 9.38. The SMILES string of the molecule is CNc1cc(Oc2ccc(S(C)(=O)=O)cc2)nc(N)n1. The molecule has 0 aliphatic carbocycles. The van der Waals surface area contributed by atoms with E-state index in [1.807, 2.05) is 0 Å². The fraction of sp³-hybridized carbons (Fsp3) is 0.167. The predicted molar refractivity (Wildman–Crippen MR) is 75.6 cm³/mol. The Labute approximate surface area is 116 Å². The second-order valence-corrected chi connectivity index (χ2v) is 6.06. The van der Waals surface area contributed by atoms with E-state index < -0.39 is 9.84 Å². The van der Waals surface area contributed by atoms with Crippen molar-refractivity contribution >= 4 is 21.6 Å². The van der Waals surface area contributed by atoms with Crippen molar-refractivity contribution in [1.29, 1.82) is 0 Å². The molecule has 0 aliphatic rings. The molecule has 8 heteroatoms. The molecular formula is C12H14N4O3S. The first kappa shape index (κ1) is 14.1. The Balaban J connectivity index is 2.24. The number of nitrogen functional groups attached to an aromatic ring is 1. The third-order valence-corrected chi connectivity index (χ3v) is 3.58. The van der Waals surface area contributed by atoms with Crippen LogP contribution in [0.5, 0.6) is 11.6 Å². The summed E-state index contributed by atoms with van der Waals surface area (Å²) in [5.74, 6) is 1.34. The lowest BCUT2D eigenvalue weighted by Crippen LogP contribution is -2.01. The van der Waals surface area contributed by atoms with Crippen molar-refractivity contribution in [2.45, 2.75) is 4.90 Å². The molecule has 106 valence electrons. The molecular weight excluding hydrogens is 280 g/mol. The minimum atomic E-state index is -3.22. The molecule has 0 bridgehead atoms. The van der Waals surface area contributed by atoms with E-state index >= 15 is 0 Å². The van der Waals surface area contributed by atoms with Gasteiger partial charge in [-0.1, -0.05) is 0 Å². The summed E-state index contributed by atoms with van der Waals surface area (Å²) in [6.07, 6.45) is 1.15. The normalized spacial score (nSPS) is 11.1. The highest BCUT2D eigenvalue weighted by molar-refractivity contribution is 7.90. The van der Waals surface area contributed by atoms with Crippen molar-refractivity contribution in [3.8, 4) is 11.6 Å². The van der Waals surface area contributed by atoms with E-state index in [0.29, 0.717) is 11.6 Å². The summed E-state index contributed by atoms with van der Waals surface area (Å²) in [5, 5.41) is 2.83. The Hall–Kier alpha value is -2.35. The standard InChI is InChI=1S/C12H14N4O3S/c1-14-10-7-11(16-12(13)15-10)19-8-3-5-9(6-4-8)20(2,17)18/h3-7H,1-2H3,(H3,13,14,15,16). The largest absolute Gasteiger partial charge is 0.439 e. The second-order valence-electron chi connectivity index (χ2n) is 4.05. The van der Waals surface area contributed by atoms with Gasteiger partial charge in [-0.2, -0.15) is 9.97 Å². The molecule has 20 heavy (non-hydrogen) atoms. The average Bonchev–Trinajstić information content (AvgIpc) is 2.37. The number of benzene rings is 1. The van der Waals surface area contributed by atoms with Crippen LogP contribution in [0.3, 0.4) is 0 Å². The van der Waals surface area contributed by atoms with Crippen LogP contribution in [0, 0.1) is 0 Å². The highest BCUT2D eigenvalue weighted by atomic mass is 32.2. The van der Waals surface area contributed by atoms with E-state index in [1.54, 1.807) is 25.2 Å². The topological polar surface area (TPSA) is 107 Å². The molecule has 2 rings (SSSR count). The van der Waals surface area contributed by atoms with Crippen molar-refractivity contribution in [3.63, 3.8) is 0 Å². The number of sulfone groups is 1. The Morgan fingerprint density at radius 3 is 2.40 bits per heavy atom. The predicted octanol–water partition coefficient (Wildman–Crippen LogP) is 1.30. The van der Waals surface area contributed by atoms with Gasteiger partial charge in [-0.15, -0.1) is 0 Å². The molecule has 0 amide bonds. The molecule has 1 heterocycles. The molecule has 0 saturated carbocycles. The third-order valence-electron chi connectivity index (χ3n) is 2.45. The van der Waals surface area contributed by atoms with E-state index in [-0.39, 0.29) is 16.7 Å². The van der Waals surface area contributed by atoms with Crippen molar-refractivity contribution in [2.24, 2.45) is 0 Å². The molecule has 1 aromatic heterocycles. The molecule has 2 aromatic rings. The number of nitrogens with one attached hydrogen (secondary N) is 1. The van der Waals surface area contributed by atoms with Gasteiger partial charge in [0.15, 0.2) is 9.84 Å². The van der Waals surface area contributed by atoms with Crippen LogP contribution in [0.2, 0.25) is 0 Å². The molecule has 7 nitrogen and oxygen atoms in total. The van der Waals surface area contributed by atoms with Gasteiger partial charge >= 0.3 is 0 Å². The lowest BCUT2D eigenvalue weighted by Gasteiger charge is -2.07. The van der Waals surface area contributed by atoms with E-state index in [2.05, 4.69) is 15.3 Å². The Bertz CT molecular complexity index is 714. The maximum Gasteiger partial charge on any atom is 0.226 e. The number of hydrogen-bond donors (Lipinski definition) is 2. The molecule has 0 radical (unpaired) electrons. The lowest BCUT2D eigenvalue weighted by molar-refractivity contribution is 0.462. The van der Waals surface area contributed by atoms with Crippen molar-refractivity contribution < 1.29 is 13.2 Å². The summed E-state index contributed by atoms with van der Waals surface area (Å²) < 4.78 is 28.2. The Morgan fingerprint density at radius 1 is 1.20 bits per heavy atom. The van der Waals surface area contributed by atoms with Crippen LogP contribution in [0.25, 0.3) is 0 Å². The van der Waals surface area contributed by atoms with Crippen molar-refractivity contribution in [2.75, 3.05) is 24.4 Å². The number of nitrogens with two attached hydrogens (primary N) is 1. The first-order valence-electron chi connectivity index (χ1n) is 5.69. The smallest absolute Gasteiger partial charge is 0.226 e. The fourth-order valence-corrected chi connectivity index (χ4v) is 2.13. The summed E-state index contributed by atoms with van der Waals surface area (Å²) in [6.45, 7) is 0. The van der Waals surface area contributed by atoms with E-state index in [9.17, 15) is 8.42 Å². The van der Waals surface area contributed by atoms with Gasteiger partial charge < -0.3 is 15.8 Å². The number of hydrogen-bond acceptors (Lipinski definition) is 7. The number of rotatable bonds is 4. The van der Waals surface area contributed by atoms with Gasteiger partial charge in [0.05, 0.1) is 4.90 Å². The zero-order valence-electron chi connectivity index (χ0n) is 11.0. The molecule has 0 fully saturated rings. The highest BCUT2D eigenvalue weighted by Gasteiger charge is 2.08. The second kappa shape index (κ2) is 5.33. The molecule has 0 saturated heterocycles. The number of anilines is 2. The molecule has 0 unspecified atom stereocenters. The van der Waals surface area contributed by atoms with Gasteiger partial charge in [0.1, 0.15) is 11.6 Å². The first-order valence-corrected chi connectivity index (χ1v) is 7.58. The minimum absolute atomic E-state index is 0.0830. The van der Waals surface area contributed by atoms with Crippen LogP contribution in [0.15, 0.2) is 35.2 Å². The number of aromatic nitrogens is 2.